The van der Waals surface area contributed by atoms with Gasteiger partial charge in [-0.2, -0.15) is 0 Å². The summed E-state index contributed by atoms with van der Waals surface area (Å²) in [6.45, 7) is 4.58. The topological polar surface area (TPSA) is 21.7 Å². The second-order valence-electron chi connectivity index (χ2n) is 15.7. The average molecular weight is 658 g/mol. The minimum atomic E-state index is -0.294. The van der Waals surface area contributed by atoms with Gasteiger partial charge in [0.15, 0.2) is 5.79 Å². The van der Waals surface area contributed by atoms with Crippen LogP contribution in [0.5, 0.6) is 0 Å². The van der Waals surface area contributed by atoms with E-state index in [1.54, 1.807) is 0 Å². The van der Waals surface area contributed by atoms with Crippen molar-refractivity contribution in [1.82, 2.24) is 4.90 Å². The summed E-state index contributed by atoms with van der Waals surface area (Å²) in [6.07, 6.45) is 52.9. The molecule has 0 spiro atoms. The van der Waals surface area contributed by atoms with Crippen molar-refractivity contribution in [2.45, 2.75) is 243 Å². The molecule has 1 heterocycles. The number of nitrogens with zero attached hydrogens (tertiary/aromatic N) is 1. The molecule has 1 saturated heterocycles. The normalized spacial score (nSPS) is 22.9. The van der Waals surface area contributed by atoms with E-state index < -0.39 is 0 Å². The smallest absolute Gasteiger partial charge is 0.169 e. The highest BCUT2D eigenvalue weighted by atomic mass is 16.8. The maximum atomic E-state index is 6.84. The van der Waals surface area contributed by atoms with Crippen LogP contribution in [0.2, 0.25) is 0 Å². The van der Waals surface area contributed by atoms with Crippen molar-refractivity contribution >= 4 is 0 Å². The first-order chi connectivity index (χ1) is 23.1. The monoisotopic (exact) mass is 658 g/mol. The van der Waals surface area contributed by atoms with Crippen molar-refractivity contribution in [2.24, 2.45) is 0 Å². The van der Waals surface area contributed by atoms with E-state index in [1.165, 1.54) is 173 Å². The number of ether oxygens (including phenoxy) is 2. The number of rotatable bonds is 33. The Kier molecular flexibility index (Phi) is 26.4. The highest BCUT2D eigenvalue weighted by Crippen LogP contribution is 2.44. The summed E-state index contributed by atoms with van der Waals surface area (Å²) in [7, 11) is 4.42. The molecule has 0 aromatic heterocycles. The van der Waals surface area contributed by atoms with Crippen LogP contribution >= 0.6 is 0 Å². The second-order valence-corrected chi connectivity index (χ2v) is 15.7. The molecule has 0 N–H and O–H groups in total. The van der Waals surface area contributed by atoms with Gasteiger partial charge in [0.2, 0.25) is 0 Å². The van der Waals surface area contributed by atoms with Crippen molar-refractivity contribution < 1.29 is 9.47 Å². The molecule has 0 amide bonds. The first kappa shape index (κ1) is 42.5. The molecule has 1 saturated carbocycles. The molecular formula is C44H83NO2. The molecule has 0 bridgehead atoms. The van der Waals surface area contributed by atoms with Gasteiger partial charge >= 0.3 is 0 Å². The standard InChI is InChI=1S/C44H83NO2/c1-5-7-9-11-13-15-17-19-21-23-25-27-29-31-33-35-37-44(46-42-39-41(45(3)4)40-43(42)47-44)38-36-34-32-30-28-26-24-22-20-18-16-14-12-10-8-6-2/h13,15,19,21,41-43H,5-12,14,16-18,20,22-40H2,1-4H3/b15-13-,21-19-/t41-,42-,43+,44?. The molecule has 2 fully saturated rings. The minimum absolute atomic E-state index is 0.294. The molecular weight excluding hydrogens is 574 g/mol. The van der Waals surface area contributed by atoms with E-state index >= 15 is 0 Å². The third-order valence-electron chi connectivity index (χ3n) is 11.1. The Morgan fingerprint density at radius 3 is 1.21 bits per heavy atom. The first-order valence-corrected chi connectivity index (χ1v) is 21.4. The van der Waals surface area contributed by atoms with Gasteiger partial charge in [-0.3, -0.25) is 0 Å². The van der Waals surface area contributed by atoms with Gasteiger partial charge in [0, 0.05) is 18.9 Å². The Morgan fingerprint density at radius 2 is 0.809 bits per heavy atom. The Hall–Kier alpha value is -0.640. The lowest BCUT2D eigenvalue weighted by molar-refractivity contribution is -0.193. The van der Waals surface area contributed by atoms with Crippen LogP contribution in [0.3, 0.4) is 0 Å². The maximum Gasteiger partial charge on any atom is 0.169 e. The van der Waals surface area contributed by atoms with Crippen LogP contribution in [-0.4, -0.2) is 43.0 Å². The molecule has 3 nitrogen and oxygen atoms in total. The highest BCUT2D eigenvalue weighted by molar-refractivity contribution is 4.96. The zero-order chi connectivity index (χ0) is 33.7. The number of allylic oxidation sites excluding steroid dienone is 4. The molecule has 1 unspecified atom stereocenters. The van der Waals surface area contributed by atoms with Crippen LogP contribution in [0, 0.1) is 0 Å². The molecule has 1 aliphatic carbocycles. The molecule has 276 valence electrons. The van der Waals surface area contributed by atoms with Gasteiger partial charge in [-0.1, -0.05) is 173 Å². The van der Waals surface area contributed by atoms with E-state index in [0.29, 0.717) is 18.2 Å². The molecule has 0 aromatic carbocycles. The third-order valence-corrected chi connectivity index (χ3v) is 11.1. The molecule has 4 atom stereocenters. The predicted molar refractivity (Wildman–Crippen MR) is 207 cm³/mol. The fraction of sp³-hybridized carbons (Fsp3) is 0.909. The lowest BCUT2D eigenvalue weighted by Crippen LogP contribution is -2.34. The van der Waals surface area contributed by atoms with Gasteiger partial charge in [0.25, 0.3) is 0 Å². The number of fused-ring (bicyclic) bond motifs is 1. The van der Waals surface area contributed by atoms with Crippen LogP contribution in [0.15, 0.2) is 24.3 Å². The van der Waals surface area contributed by atoms with Crippen molar-refractivity contribution in [2.75, 3.05) is 14.1 Å². The summed E-state index contributed by atoms with van der Waals surface area (Å²) in [6, 6.07) is 0.611. The largest absolute Gasteiger partial charge is 0.344 e. The first-order valence-electron chi connectivity index (χ1n) is 21.4. The van der Waals surface area contributed by atoms with E-state index in [9.17, 15) is 0 Å². The molecule has 0 radical (unpaired) electrons. The predicted octanol–water partition coefficient (Wildman–Crippen LogP) is 14.0. The zero-order valence-corrected chi connectivity index (χ0v) is 32.4. The van der Waals surface area contributed by atoms with Crippen LogP contribution in [0.25, 0.3) is 0 Å². The van der Waals surface area contributed by atoms with Gasteiger partial charge in [-0.15, -0.1) is 0 Å². The fourth-order valence-electron chi connectivity index (χ4n) is 7.87. The molecule has 1 aliphatic heterocycles. The van der Waals surface area contributed by atoms with E-state index in [0.717, 1.165) is 32.1 Å². The van der Waals surface area contributed by atoms with Gasteiger partial charge in [0.1, 0.15) is 0 Å². The van der Waals surface area contributed by atoms with Gasteiger partial charge < -0.3 is 14.4 Å². The Labute approximate surface area is 295 Å². The van der Waals surface area contributed by atoms with Gasteiger partial charge in [0.05, 0.1) is 12.2 Å². The number of unbranched alkanes of at least 4 members (excludes halogenated alkanes) is 24. The lowest BCUT2D eigenvalue weighted by atomic mass is 9.98. The quantitative estimate of drug-likeness (QED) is 0.0518. The van der Waals surface area contributed by atoms with Gasteiger partial charge in [-0.05, 0) is 71.9 Å². The highest BCUT2D eigenvalue weighted by Gasteiger charge is 2.51. The lowest BCUT2D eigenvalue weighted by Gasteiger charge is -2.31. The van der Waals surface area contributed by atoms with E-state index in [4.69, 9.17) is 9.47 Å². The summed E-state index contributed by atoms with van der Waals surface area (Å²) < 4.78 is 13.7. The Balaban J connectivity index is 1.52. The summed E-state index contributed by atoms with van der Waals surface area (Å²) in [5.41, 5.74) is 0. The van der Waals surface area contributed by atoms with Gasteiger partial charge in [-0.25, -0.2) is 0 Å². The van der Waals surface area contributed by atoms with Crippen molar-refractivity contribution in [3.63, 3.8) is 0 Å². The fourth-order valence-corrected chi connectivity index (χ4v) is 7.87. The minimum Gasteiger partial charge on any atom is -0.344 e. The Bertz CT molecular complexity index is 731. The number of hydrogen-bond acceptors (Lipinski definition) is 3. The second kappa shape index (κ2) is 29.1. The molecule has 0 aromatic rings. The maximum absolute atomic E-state index is 6.84. The third kappa shape index (κ3) is 21.2. The summed E-state index contributed by atoms with van der Waals surface area (Å²) in [5.74, 6) is -0.294. The zero-order valence-electron chi connectivity index (χ0n) is 32.4. The Morgan fingerprint density at radius 1 is 0.468 bits per heavy atom. The molecule has 2 aliphatic rings. The van der Waals surface area contributed by atoms with E-state index in [1.807, 2.05) is 0 Å². The SMILES string of the molecule is CCCCC/C=C\C/C=C\CCCCCCCCC1(CCCCCCCCCCCCCCCCCC)O[C@H]2C[C@H](N(C)C)C[C@H]2O1. The van der Waals surface area contributed by atoms with Crippen LogP contribution < -0.4 is 0 Å². The van der Waals surface area contributed by atoms with Crippen molar-refractivity contribution in [3.05, 3.63) is 24.3 Å². The van der Waals surface area contributed by atoms with E-state index in [-0.39, 0.29) is 5.79 Å². The number of hydrogen-bond donors (Lipinski definition) is 0. The average Bonchev–Trinajstić information content (AvgIpc) is 3.61. The van der Waals surface area contributed by atoms with Crippen LogP contribution in [0.1, 0.15) is 219 Å². The van der Waals surface area contributed by atoms with Crippen LogP contribution in [0.4, 0.5) is 0 Å². The summed E-state index contributed by atoms with van der Waals surface area (Å²) in [5, 5.41) is 0. The van der Waals surface area contributed by atoms with Crippen LogP contribution in [-0.2, 0) is 9.47 Å². The molecule has 47 heavy (non-hydrogen) atoms. The summed E-state index contributed by atoms with van der Waals surface area (Å²) in [4.78, 5) is 2.37. The van der Waals surface area contributed by atoms with E-state index in [2.05, 4.69) is 57.1 Å². The molecule has 2 rings (SSSR count). The molecule has 3 heteroatoms. The summed E-state index contributed by atoms with van der Waals surface area (Å²) >= 11 is 0. The van der Waals surface area contributed by atoms with Crippen molar-refractivity contribution in [1.29, 1.82) is 0 Å². The van der Waals surface area contributed by atoms with Crippen molar-refractivity contribution in [3.8, 4) is 0 Å².